The monoisotopic (exact) mass is 399 g/mol. The van der Waals surface area contributed by atoms with E-state index in [0.29, 0.717) is 16.7 Å². The van der Waals surface area contributed by atoms with E-state index in [2.05, 4.69) is 34.5 Å². The van der Waals surface area contributed by atoms with Crippen LogP contribution in [-0.4, -0.2) is 31.1 Å². The third kappa shape index (κ3) is 4.81. The van der Waals surface area contributed by atoms with Gasteiger partial charge in [0.15, 0.2) is 16.8 Å². The Labute approximate surface area is 168 Å². The lowest BCUT2D eigenvalue weighted by atomic mass is 10.1. The number of carbonyl (C=O) groups excluding carboxylic acids is 1. The van der Waals surface area contributed by atoms with E-state index in [-0.39, 0.29) is 11.2 Å². The molecule has 0 saturated heterocycles. The molecule has 0 saturated carbocycles. The zero-order valence-corrected chi connectivity index (χ0v) is 17.4. The van der Waals surface area contributed by atoms with Crippen molar-refractivity contribution in [1.82, 2.24) is 19.9 Å². The van der Waals surface area contributed by atoms with Crippen LogP contribution >= 0.6 is 11.8 Å². The van der Waals surface area contributed by atoms with Crippen LogP contribution in [0.15, 0.2) is 40.0 Å². The van der Waals surface area contributed by atoms with Crippen LogP contribution in [0.3, 0.4) is 0 Å². The summed E-state index contributed by atoms with van der Waals surface area (Å²) in [5.41, 5.74) is 2.19. The van der Waals surface area contributed by atoms with E-state index in [9.17, 15) is 4.79 Å². The van der Waals surface area contributed by atoms with Gasteiger partial charge in [-0.3, -0.25) is 4.79 Å². The number of aryl methyl sites for hydroxylation is 2. The summed E-state index contributed by atoms with van der Waals surface area (Å²) in [6.45, 7) is 5.95. The number of carbonyl (C=O) groups is 1. The summed E-state index contributed by atoms with van der Waals surface area (Å²) < 4.78 is 6.96. The molecule has 8 heteroatoms. The van der Waals surface area contributed by atoms with Gasteiger partial charge in [0.1, 0.15) is 5.76 Å². The van der Waals surface area contributed by atoms with Gasteiger partial charge in [0.25, 0.3) is 0 Å². The molecular formula is C20H25N5O2S. The zero-order chi connectivity index (χ0) is 20.1. The predicted molar refractivity (Wildman–Crippen MR) is 110 cm³/mol. The maximum atomic E-state index is 12.8. The van der Waals surface area contributed by atoms with Crippen LogP contribution < -0.4 is 5.32 Å². The van der Waals surface area contributed by atoms with Gasteiger partial charge in [-0.2, -0.15) is 0 Å². The lowest BCUT2D eigenvalue weighted by Gasteiger charge is -2.14. The molecule has 1 amide bonds. The van der Waals surface area contributed by atoms with Crippen LogP contribution in [0.5, 0.6) is 0 Å². The van der Waals surface area contributed by atoms with Crippen molar-refractivity contribution in [2.75, 3.05) is 5.32 Å². The van der Waals surface area contributed by atoms with Crippen molar-refractivity contribution in [2.45, 2.75) is 50.4 Å². The minimum Gasteiger partial charge on any atom is -0.360 e. The normalized spacial score (nSPS) is 12.1. The van der Waals surface area contributed by atoms with Crippen molar-refractivity contribution in [2.24, 2.45) is 7.05 Å². The molecule has 0 aliphatic carbocycles. The molecule has 2 aromatic heterocycles. The largest absolute Gasteiger partial charge is 0.360 e. The van der Waals surface area contributed by atoms with Crippen LogP contribution in [-0.2, 0) is 11.8 Å². The van der Waals surface area contributed by atoms with Crippen LogP contribution in [0.1, 0.15) is 37.5 Å². The maximum Gasteiger partial charge on any atom is 0.239 e. The number of nitrogens with one attached hydrogen (secondary N) is 1. The van der Waals surface area contributed by atoms with Gasteiger partial charge in [-0.05, 0) is 20.3 Å². The summed E-state index contributed by atoms with van der Waals surface area (Å²) in [5, 5.41) is 15.7. The lowest BCUT2D eigenvalue weighted by Crippen LogP contribution is -2.25. The Hall–Kier alpha value is -2.61. The third-order valence-corrected chi connectivity index (χ3v) is 5.68. The quantitative estimate of drug-likeness (QED) is 0.566. The first kappa shape index (κ1) is 20.1. The number of anilines is 1. The molecule has 1 N–H and O–H groups in total. The van der Waals surface area contributed by atoms with Gasteiger partial charge in [-0.1, -0.05) is 66.5 Å². The van der Waals surface area contributed by atoms with Crippen molar-refractivity contribution in [3.8, 4) is 11.4 Å². The molecule has 2 heterocycles. The molecule has 1 atom stereocenters. The summed E-state index contributed by atoms with van der Waals surface area (Å²) in [6.07, 6.45) is 2.71. The first-order valence-corrected chi connectivity index (χ1v) is 10.2. The second kappa shape index (κ2) is 9.05. The number of thioether (sulfide) groups is 1. The highest BCUT2D eigenvalue weighted by Crippen LogP contribution is 2.29. The van der Waals surface area contributed by atoms with E-state index < -0.39 is 0 Å². The van der Waals surface area contributed by atoms with Crippen molar-refractivity contribution >= 4 is 23.5 Å². The van der Waals surface area contributed by atoms with Crippen LogP contribution in [0.4, 0.5) is 5.82 Å². The number of benzene rings is 1. The highest BCUT2D eigenvalue weighted by Gasteiger charge is 2.24. The van der Waals surface area contributed by atoms with E-state index in [1.165, 1.54) is 17.3 Å². The Morgan fingerprint density at radius 1 is 1.25 bits per heavy atom. The number of amides is 1. The zero-order valence-electron chi connectivity index (χ0n) is 16.6. The average molecular weight is 400 g/mol. The van der Waals surface area contributed by atoms with E-state index in [1.807, 2.05) is 35.9 Å². The van der Waals surface area contributed by atoms with Gasteiger partial charge in [-0.15, -0.1) is 10.2 Å². The first-order chi connectivity index (χ1) is 13.5. The van der Waals surface area contributed by atoms with Crippen molar-refractivity contribution < 1.29 is 9.32 Å². The Kier molecular flexibility index (Phi) is 6.51. The van der Waals surface area contributed by atoms with Crippen molar-refractivity contribution in [3.63, 3.8) is 0 Å². The molecule has 28 heavy (non-hydrogen) atoms. The van der Waals surface area contributed by atoms with E-state index in [1.54, 1.807) is 13.0 Å². The van der Waals surface area contributed by atoms with Gasteiger partial charge in [0.2, 0.25) is 5.91 Å². The Morgan fingerprint density at radius 2 is 2.00 bits per heavy atom. The molecule has 7 nitrogen and oxygen atoms in total. The molecule has 0 spiro atoms. The second-order valence-corrected chi connectivity index (χ2v) is 7.96. The van der Waals surface area contributed by atoms with E-state index >= 15 is 0 Å². The highest BCUT2D eigenvalue weighted by molar-refractivity contribution is 8.00. The fourth-order valence-electron chi connectivity index (χ4n) is 2.76. The highest BCUT2D eigenvalue weighted by atomic mass is 32.2. The number of hydrogen-bond donors (Lipinski definition) is 1. The van der Waals surface area contributed by atoms with Crippen LogP contribution in [0.2, 0.25) is 0 Å². The molecule has 0 aliphatic heterocycles. The average Bonchev–Trinajstić information content (AvgIpc) is 3.25. The summed E-state index contributed by atoms with van der Waals surface area (Å²) >= 11 is 1.43. The van der Waals surface area contributed by atoms with Gasteiger partial charge < -0.3 is 14.4 Å². The molecule has 0 radical (unpaired) electrons. The van der Waals surface area contributed by atoms with Crippen molar-refractivity contribution in [3.05, 3.63) is 41.7 Å². The Balaban J connectivity index is 1.77. The van der Waals surface area contributed by atoms with Crippen molar-refractivity contribution in [1.29, 1.82) is 0 Å². The third-order valence-electron chi connectivity index (χ3n) is 4.38. The molecular weight excluding hydrogens is 374 g/mol. The fourth-order valence-corrected chi connectivity index (χ4v) is 3.80. The van der Waals surface area contributed by atoms with Gasteiger partial charge in [0, 0.05) is 18.7 Å². The summed E-state index contributed by atoms with van der Waals surface area (Å²) in [6, 6.07) is 9.86. The summed E-state index contributed by atoms with van der Waals surface area (Å²) in [7, 11) is 1.92. The smallest absolute Gasteiger partial charge is 0.239 e. The minimum atomic E-state index is -0.286. The Bertz CT molecular complexity index is 932. The lowest BCUT2D eigenvalue weighted by molar-refractivity contribution is -0.115. The second-order valence-electron chi connectivity index (χ2n) is 6.79. The molecule has 3 rings (SSSR count). The van der Waals surface area contributed by atoms with Gasteiger partial charge >= 0.3 is 0 Å². The van der Waals surface area contributed by atoms with Gasteiger partial charge in [-0.25, -0.2) is 0 Å². The Morgan fingerprint density at radius 3 is 2.64 bits per heavy atom. The topological polar surface area (TPSA) is 85.8 Å². The molecule has 0 aliphatic rings. The summed E-state index contributed by atoms with van der Waals surface area (Å²) in [4.78, 5) is 12.8. The van der Waals surface area contributed by atoms with E-state index in [0.717, 1.165) is 30.7 Å². The molecule has 1 unspecified atom stereocenters. The number of hydrogen-bond acceptors (Lipinski definition) is 6. The van der Waals surface area contributed by atoms with Crippen LogP contribution in [0.25, 0.3) is 11.4 Å². The molecule has 0 fully saturated rings. The van der Waals surface area contributed by atoms with E-state index in [4.69, 9.17) is 4.52 Å². The SMILES string of the molecule is CCCCC(Sc1nnc(-c2ccc(C)cc2)n1C)C(=O)Nc1cc(C)on1. The number of rotatable bonds is 8. The number of aromatic nitrogens is 4. The van der Waals surface area contributed by atoms with Crippen LogP contribution in [0, 0.1) is 13.8 Å². The number of nitrogens with zero attached hydrogens (tertiary/aromatic N) is 4. The minimum absolute atomic E-state index is 0.105. The number of unbranched alkanes of at least 4 members (excludes halogenated alkanes) is 1. The molecule has 1 aromatic carbocycles. The molecule has 0 bridgehead atoms. The molecule has 3 aromatic rings. The fraction of sp³-hybridized carbons (Fsp3) is 0.400. The molecule has 148 valence electrons. The maximum absolute atomic E-state index is 12.8. The van der Waals surface area contributed by atoms with Gasteiger partial charge in [0.05, 0.1) is 5.25 Å². The summed E-state index contributed by atoms with van der Waals surface area (Å²) in [5.74, 6) is 1.77. The standard InChI is InChI=1S/C20H25N5O2S/c1-5-6-7-16(19(26)21-17-12-14(3)27-24-17)28-20-23-22-18(25(20)4)15-10-8-13(2)9-11-15/h8-12,16H,5-7H2,1-4H3,(H,21,24,26). The predicted octanol–water partition coefficient (Wildman–Crippen LogP) is 4.38. The first-order valence-electron chi connectivity index (χ1n) is 9.35.